The number of amides is 2. The topological polar surface area (TPSA) is 116 Å². The molecular formula is C66H18F26N6O2. The molecule has 0 saturated heterocycles. The van der Waals surface area contributed by atoms with Crippen LogP contribution in [0.25, 0.3) is 113 Å². The molecule has 0 radical (unpaired) electrons. The Kier molecular flexibility index (Phi) is 15.9. The molecule has 0 atom stereocenters. The molecule has 8 nitrogen and oxygen atoms in total. The fourth-order valence-electron chi connectivity index (χ4n) is 11.5. The minimum Gasteiger partial charge on any atom is -0.354 e. The highest BCUT2D eigenvalue weighted by atomic mass is 19.2. The Labute approximate surface area is 535 Å². The van der Waals surface area contributed by atoms with Crippen LogP contribution in [-0.4, -0.2) is 31.8 Å². The molecule has 6 aromatic carbocycles. The molecule has 34 heteroatoms. The zero-order chi connectivity index (χ0) is 72.2. The monoisotopic (exact) mass is 1420 g/mol. The molecule has 0 spiro atoms. The second-order valence-electron chi connectivity index (χ2n) is 21.4. The van der Waals surface area contributed by atoms with E-state index in [4.69, 9.17) is 0 Å². The summed E-state index contributed by atoms with van der Waals surface area (Å²) in [5.41, 5.74) is -35.6. The van der Waals surface area contributed by atoms with Crippen molar-refractivity contribution in [1.29, 1.82) is 0 Å². The second kappa shape index (κ2) is 23.9. The fourth-order valence-corrected chi connectivity index (χ4v) is 11.5. The number of benzene rings is 6. The van der Waals surface area contributed by atoms with E-state index in [0.29, 0.717) is 48.6 Å². The van der Waals surface area contributed by atoms with Crippen molar-refractivity contribution in [3.63, 3.8) is 0 Å². The summed E-state index contributed by atoms with van der Waals surface area (Å²) in [6.45, 7) is 0. The van der Waals surface area contributed by atoms with Gasteiger partial charge in [0.15, 0.2) is 93.1 Å². The number of halogens is 26. The Morgan fingerprint density at radius 1 is 0.230 bits per heavy atom. The van der Waals surface area contributed by atoms with Crippen molar-refractivity contribution in [2.24, 2.45) is 0 Å². The number of aromatic nitrogens is 4. The van der Waals surface area contributed by atoms with Gasteiger partial charge in [0.1, 0.15) is 34.9 Å². The first kappa shape index (κ1) is 66.6. The molecule has 7 heterocycles. The summed E-state index contributed by atoms with van der Waals surface area (Å²) in [6, 6.07) is 2.00. The SMILES string of the molecule is O=C1Nc2cc1c(-c1c(F)c(F)c(F)c(F)c1F)c1ccc([nH]1)c(-c1c(F)c(F)c(F)c(F)c1F)c1nc(c(-c3c(F)cc(F)cc3F)c3cc(c(-c4c(F)c(F)c(F)c(F)c4F)c4ccc([nH]4)c(-c4c(F)c(F)c(F)c(F)c4F)c4nc(c2-c2c(F)cc(F)cc2F)C=C4)C(=O)N3)C=C1. The van der Waals surface area contributed by atoms with Gasteiger partial charge in [-0.1, -0.05) is 0 Å². The van der Waals surface area contributed by atoms with E-state index < -0.39 is 297 Å². The molecular weight excluding hydrogens is 1400 g/mol. The van der Waals surface area contributed by atoms with Crippen molar-refractivity contribution >= 4 is 69.6 Å². The van der Waals surface area contributed by atoms with Gasteiger partial charge < -0.3 is 20.6 Å². The zero-order valence-electron chi connectivity index (χ0n) is 47.6. The van der Waals surface area contributed by atoms with E-state index in [1.807, 2.05) is 10.6 Å². The molecule has 4 aliphatic heterocycles. The highest BCUT2D eigenvalue weighted by Gasteiger charge is 2.38. The van der Waals surface area contributed by atoms with Gasteiger partial charge in [-0.05, 0) is 60.7 Å². The zero-order valence-corrected chi connectivity index (χ0v) is 47.6. The van der Waals surface area contributed by atoms with Gasteiger partial charge in [0.2, 0.25) is 23.3 Å². The predicted molar refractivity (Wildman–Crippen MR) is 302 cm³/mol. The number of anilines is 2. The third-order valence-corrected chi connectivity index (χ3v) is 15.7. The number of fused-ring (bicyclic) bond motifs is 12. The van der Waals surface area contributed by atoms with Crippen LogP contribution in [0.3, 0.4) is 0 Å². The highest BCUT2D eigenvalue weighted by molar-refractivity contribution is 6.19. The second-order valence-corrected chi connectivity index (χ2v) is 21.4. The van der Waals surface area contributed by atoms with Crippen molar-refractivity contribution in [2.75, 3.05) is 10.6 Å². The average Bonchev–Trinajstić information content (AvgIpc) is 1.55. The number of hydrogen-bond acceptors (Lipinski definition) is 4. The maximum absolute atomic E-state index is 16.5. The molecule has 3 aromatic heterocycles. The van der Waals surface area contributed by atoms with Gasteiger partial charge in [-0.25, -0.2) is 124 Å². The van der Waals surface area contributed by atoms with Crippen molar-refractivity contribution in [1.82, 2.24) is 19.9 Å². The summed E-state index contributed by atoms with van der Waals surface area (Å²) in [7, 11) is 0. The van der Waals surface area contributed by atoms with E-state index >= 15 is 87.8 Å². The van der Waals surface area contributed by atoms with Crippen LogP contribution in [0.1, 0.15) is 43.5 Å². The molecule has 100 heavy (non-hydrogen) atoms. The van der Waals surface area contributed by atoms with Crippen LogP contribution in [0.2, 0.25) is 0 Å². The number of nitrogens with one attached hydrogen (secondary N) is 4. The van der Waals surface area contributed by atoms with Gasteiger partial charge in [-0.3, -0.25) is 9.59 Å². The van der Waals surface area contributed by atoms with Gasteiger partial charge in [0, 0.05) is 79.7 Å². The van der Waals surface area contributed by atoms with Crippen molar-refractivity contribution in [3.05, 3.63) is 246 Å². The number of hydrogen-bond donors (Lipinski definition) is 4. The minimum absolute atomic E-state index is 0.0658. The maximum Gasteiger partial charge on any atom is 0.256 e. The number of rotatable bonds is 6. The highest BCUT2D eigenvalue weighted by Crippen LogP contribution is 2.48. The Morgan fingerprint density at radius 2 is 0.440 bits per heavy atom. The Hall–Kier alpha value is -12.0. The largest absolute Gasteiger partial charge is 0.354 e. The molecule has 0 aliphatic carbocycles. The third kappa shape index (κ3) is 10.1. The van der Waals surface area contributed by atoms with Crippen LogP contribution in [0.4, 0.5) is 126 Å². The molecule has 4 aliphatic rings. The number of aromatic amines is 2. The van der Waals surface area contributed by atoms with Crippen molar-refractivity contribution in [3.8, 4) is 66.8 Å². The lowest BCUT2D eigenvalue weighted by Gasteiger charge is -2.11. The van der Waals surface area contributed by atoms with Crippen molar-refractivity contribution < 1.29 is 124 Å². The Bertz CT molecular complexity index is 5250. The molecule has 4 N–H and O–H groups in total. The van der Waals surface area contributed by atoms with E-state index in [-0.39, 0.29) is 36.4 Å². The smallest absolute Gasteiger partial charge is 0.256 e. The molecule has 0 fully saturated rings. The van der Waals surface area contributed by atoms with E-state index in [1.165, 1.54) is 0 Å². The average molecular weight is 1420 g/mol. The Morgan fingerprint density at radius 3 is 0.690 bits per heavy atom. The normalized spacial score (nSPS) is 12.6. The van der Waals surface area contributed by atoms with Crippen LogP contribution >= 0.6 is 0 Å². The molecule has 13 rings (SSSR count). The van der Waals surface area contributed by atoms with Crippen LogP contribution in [0.15, 0.2) is 60.7 Å². The lowest BCUT2D eigenvalue weighted by atomic mass is 9.98. The van der Waals surface area contributed by atoms with Gasteiger partial charge >= 0.3 is 0 Å². The quantitative estimate of drug-likeness (QED) is 0.0754. The van der Waals surface area contributed by atoms with E-state index in [0.717, 1.165) is 0 Å². The molecule has 0 unspecified atom stereocenters. The molecule has 0 saturated carbocycles. The lowest BCUT2D eigenvalue weighted by Crippen LogP contribution is -2.10. The minimum atomic E-state index is -2.89. The first-order chi connectivity index (χ1) is 47.2. The van der Waals surface area contributed by atoms with E-state index in [2.05, 4.69) is 19.9 Å². The summed E-state index contributed by atoms with van der Waals surface area (Å²) in [5.74, 6) is -71.8. The van der Waals surface area contributed by atoms with Gasteiger partial charge in [-0.15, -0.1) is 0 Å². The van der Waals surface area contributed by atoms with Crippen LogP contribution < -0.4 is 10.6 Å². The predicted octanol–water partition coefficient (Wildman–Crippen LogP) is 19.7. The van der Waals surface area contributed by atoms with E-state index in [1.54, 1.807) is 0 Å². The lowest BCUT2D eigenvalue weighted by molar-refractivity contribution is 0.102. The van der Waals surface area contributed by atoms with Gasteiger partial charge in [-0.2, -0.15) is 0 Å². The van der Waals surface area contributed by atoms with Gasteiger partial charge in [0.25, 0.3) is 11.8 Å². The van der Waals surface area contributed by atoms with Crippen molar-refractivity contribution in [2.45, 2.75) is 0 Å². The number of nitrogens with zero attached hydrogens (tertiary/aromatic N) is 2. The number of H-pyrrole nitrogens is 2. The van der Waals surface area contributed by atoms with Crippen LogP contribution in [0, 0.1) is 151 Å². The molecule has 506 valence electrons. The first-order valence-corrected chi connectivity index (χ1v) is 27.3. The summed E-state index contributed by atoms with van der Waals surface area (Å²) < 4.78 is 411. The Balaban J connectivity index is 1.34. The number of carbonyl (C=O) groups excluding carboxylic acids is 2. The summed E-state index contributed by atoms with van der Waals surface area (Å²) in [4.78, 5) is 41.5. The standard InChI is InChI=1S/C66H18F26N6O2/c67-15-9-19(69)35(20(70)10-15)39-30-8-6-28(96-30)38(44-51(79)59(87)64(92)60(88)52(44)80)26-4-2-24(94-26)34(42-47(75)55(83)62(90)56(84)48(42)76)18-14-32(98-66(18)100)40(36-21(71)11-16(68)12-22(36)72)29-7-5-27(95-29)37(43-49(77)57(85)63(91)58(86)50(43)78)25-3-1-23(93-25)33(17-13-31(39)97-65(17)99)41-45(73)53(81)61(89)54(82)46(41)74/h1-14,93-94H,(H,97,99)(H,98,100). The van der Waals surface area contributed by atoms with Gasteiger partial charge in [0.05, 0.1) is 78.7 Å². The van der Waals surface area contributed by atoms with E-state index in [9.17, 15) is 35.9 Å². The third-order valence-electron chi connectivity index (χ3n) is 15.7. The maximum atomic E-state index is 16.5. The summed E-state index contributed by atoms with van der Waals surface area (Å²) in [6.07, 6.45) is 1.99. The molecule has 2 amide bonds. The summed E-state index contributed by atoms with van der Waals surface area (Å²) >= 11 is 0. The molecule has 12 bridgehead atoms. The van der Waals surface area contributed by atoms with Crippen LogP contribution in [0.5, 0.6) is 0 Å². The first-order valence-electron chi connectivity index (χ1n) is 27.3. The summed E-state index contributed by atoms with van der Waals surface area (Å²) in [5, 5.41) is 3.84. The van der Waals surface area contributed by atoms with Crippen LogP contribution in [-0.2, 0) is 0 Å². The molecule has 9 aromatic rings. The fraction of sp³-hybridized carbons (Fsp3) is 0. The number of carbonyl (C=O) groups is 2.